The third-order valence-corrected chi connectivity index (χ3v) is 3.06. The van der Waals surface area contributed by atoms with E-state index in [-0.39, 0.29) is 6.04 Å². The molecule has 1 aromatic carbocycles. The van der Waals surface area contributed by atoms with E-state index < -0.39 is 0 Å². The van der Waals surface area contributed by atoms with E-state index in [4.69, 9.17) is 9.47 Å². The number of nitrogens with one attached hydrogen (secondary N) is 1. The predicted octanol–water partition coefficient (Wildman–Crippen LogP) is 1.75. The first kappa shape index (κ1) is 13.4. The maximum atomic E-state index is 5.43. The average Bonchev–Trinajstić information content (AvgIpc) is 2.86. The fourth-order valence-electron chi connectivity index (χ4n) is 2.11. The molecule has 19 heavy (non-hydrogen) atoms. The van der Waals surface area contributed by atoms with Gasteiger partial charge in [0, 0.05) is 18.8 Å². The molecule has 0 aliphatic rings. The number of benzene rings is 1. The summed E-state index contributed by atoms with van der Waals surface area (Å²) in [7, 11) is 7.17. The molecule has 1 heterocycles. The number of aryl methyl sites for hydroxylation is 1. The molecule has 1 atom stereocenters. The van der Waals surface area contributed by atoms with Crippen molar-refractivity contribution in [1.29, 1.82) is 0 Å². The van der Waals surface area contributed by atoms with Crippen LogP contribution >= 0.6 is 0 Å². The van der Waals surface area contributed by atoms with Gasteiger partial charge in [0.1, 0.15) is 11.5 Å². The maximum absolute atomic E-state index is 5.43. The van der Waals surface area contributed by atoms with Crippen LogP contribution < -0.4 is 14.8 Å². The largest absolute Gasteiger partial charge is 0.497 e. The van der Waals surface area contributed by atoms with Crippen LogP contribution in [-0.4, -0.2) is 30.8 Å². The first-order chi connectivity index (χ1) is 9.19. The molecule has 1 aromatic heterocycles. The van der Waals surface area contributed by atoms with Gasteiger partial charge in [-0.2, -0.15) is 0 Å². The molecule has 0 saturated carbocycles. The van der Waals surface area contributed by atoms with Crippen LogP contribution in [0.1, 0.15) is 17.3 Å². The summed E-state index contributed by atoms with van der Waals surface area (Å²) in [5.74, 6) is 1.61. The highest BCUT2D eigenvalue weighted by Crippen LogP contribution is 2.32. The van der Waals surface area contributed by atoms with Crippen molar-refractivity contribution < 1.29 is 9.47 Å². The van der Waals surface area contributed by atoms with E-state index in [1.54, 1.807) is 20.5 Å². The molecule has 0 bridgehead atoms. The van der Waals surface area contributed by atoms with E-state index in [9.17, 15) is 0 Å². The van der Waals surface area contributed by atoms with Crippen molar-refractivity contribution in [3.8, 4) is 11.5 Å². The summed E-state index contributed by atoms with van der Waals surface area (Å²) in [6, 6.07) is 5.72. The zero-order chi connectivity index (χ0) is 13.8. The highest BCUT2D eigenvalue weighted by molar-refractivity contribution is 5.44. The number of aromatic nitrogens is 2. The second-order valence-corrected chi connectivity index (χ2v) is 4.29. The van der Waals surface area contributed by atoms with Crippen LogP contribution in [0.4, 0.5) is 0 Å². The Balaban J connectivity index is 2.47. The van der Waals surface area contributed by atoms with Crippen molar-refractivity contribution in [3.63, 3.8) is 0 Å². The van der Waals surface area contributed by atoms with E-state index in [2.05, 4.69) is 10.3 Å². The Hall–Kier alpha value is -2.01. The van der Waals surface area contributed by atoms with Crippen LogP contribution in [0, 0.1) is 0 Å². The minimum atomic E-state index is -0.0359. The van der Waals surface area contributed by atoms with E-state index in [1.807, 2.05) is 43.1 Å². The number of nitrogens with zero attached hydrogens (tertiary/aromatic N) is 2. The van der Waals surface area contributed by atoms with Gasteiger partial charge in [-0.25, -0.2) is 4.98 Å². The van der Waals surface area contributed by atoms with Gasteiger partial charge in [0.2, 0.25) is 0 Å². The first-order valence-corrected chi connectivity index (χ1v) is 6.06. The summed E-state index contributed by atoms with van der Waals surface area (Å²) in [4.78, 5) is 4.40. The van der Waals surface area contributed by atoms with Gasteiger partial charge < -0.3 is 19.4 Å². The van der Waals surface area contributed by atoms with Crippen LogP contribution in [0.25, 0.3) is 0 Å². The normalized spacial score (nSPS) is 12.2. The summed E-state index contributed by atoms with van der Waals surface area (Å²) in [6.45, 7) is 0. The van der Waals surface area contributed by atoms with Crippen LogP contribution in [0.2, 0.25) is 0 Å². The molecule has 0 spiro atoms. The highest BCUT2D eigenvalue weighted by Gasteiger charge is 2.19. The topological polar surface area (TPSA) is 48.3 Å². The zero-order valence-corrected chi connectivity index (χ0v) is 11.7. The van der Waals surface area contributed by atoms with Gasteiger partial charge in [0.05, 0.1) is 32.3 Å². The average molecular weight is 261 g/mol. The lowest BCUT2D eigenvalue weighted by atomic mass is 10.0. The fourth-order valence-corrected chi connectivity index (χ4v) is 2.11. The molecule has 5 nitrogen and oxygen atoms in total. The Morgan fingerprint density at radius 2 is 2.05 bits per heavy atom. The quantitative estimate of drug-likeness (QED) is 0.890. The van der Waals surface area contributed by atoms with Crippen molar-refractivity contribution in [2.75, 3.05) is 21.3 Å². The molecule has 0 amide bonds. The van der Waals surface area contributed by atoms with Crippen molar-refractivity contribution in [1.82, 2.24) is 14.9 Å². The molecule has 0 radical (unpaired) electrons. The third-order valence-electron chi connectivity index (χ3n) is 3.06. The Bertz CT molecular complexity index is 551. The lowest BCUT2D eigenvalue weighted by molar-refractivity contribution is 0.394. The minimum Gasteiger partial charge on any atom is -0.497 e. The van der Waals surface area contributed by atoms with Crippen LogP contribution in [0.3, 0.4) is 0 Å². The molecule has 102 valence electrons. The molecule has 0 aliphatic carbocycles. The number of rotatable bonds is 5. The summed E-state index contributed by atoms with van der Waals surface area (Å²) >= 11 is 0. The van der Waals surface area contributed by atoms with Crippen molar-refractivity contribution in [2.45, 2.75) is 6.04 Å². The van der Waals surface area contributed by atoms with Crippen molar-refractivity contribution in [2.24, 2.45) is 7.05 Å². The van der Waals surface area contributed by atoms with Gasteiger partial charge in [-0.3, -0.25) is 0 Å². The van der Waals surface area contributed by atoms with Crippen molar-refractivity contribution in [3.05, 3.63) is 42.0 Å². The highest BCUT2D eigenvalue weighted by atomic mass is 16.5. The van der Waals surface area contributed by atoms with E-state index in [0.29, 0.717) is 0 Å². The van der Waals surface area contributed by atoms with Gasteiger partial charge in [-0.1, -0.05) is 0 Å². The van der Waals surface area contributed by atoms with Gasteiger partial charge >= 0.3 is 0 Å². The molecule has 2 aromatic rings. The van der Waals surface area contributed by atoms with Crippen LogP contribution in [0.5, 0.6) is 11.5 Å². The van der Waals surface area contributed by atoms with Gasteiger partial charge in [-0.05, 0) is 25.2 Å². The van der Waals surface area contributed by atoms with E-state index in [0.717, 1.165) is 22.8 Å². The van der Waals surface area contributed by atoms with Gasteiger partial charge in [0.15, 0.2) is 0 Å². The number of imidazole rings is 1. The maximum Gasteiger partial charge on any atom is 0.124 e. The second-order valence-electron chi connectivity index (χ2n) is 4.29. The molecule has 2 rings (SSSR count). The molecular weight excluding hydrogens is 242 g/mol. The lowest BCUT2D eigenvalue weighted by Gasteiger charge is -2.18. The monoisotopic (exact) mass is 261 g/mol. The standard InChI is InChI=1S/C14H19N3O2/c1-15-14(12-8-17(2)9-16-12)11-7-10(18-3)5-6-13(11)19-4/h5-9,14-15H,1-4H3. The Morgan fingerprint density at radius 3 is 2.58 bits per heavy atom. The van der Waals surface area contributed by atoms with Crippen LogP contribution in [-0.2, 0) is 7.05 Å². The molecule has 0 saturated heterocycles. The van der Waals surface area contributed by atoms with Gasteiger partial charge in [-0.15, -0.1) is 0 Å². The molecule has 1 unspecified atom stereocenters. The molecule has 1 N–H and O–H groups in total. The van der Waals surface area contributed by atoms with Gasteiger partial charge in [0.25, 0.3) is 0 Å². The Kier molecular flexibility index (Phi) is 4.06. The SMILES string of the molecule is CNC(c1cn(C)cn1)c1cc(OC)ccc1OC. The predicted molar refractivity (Wildman–Crippen MR) is 73.7 cm³/mol. The second kappa shape index (κ2) is 5.75. The molecule has 0 aliphatic heterocycles. The van der Waals surface area contributed by atoms with Crippen molar-refractivity contribution >= 4 is 0 Å². The summed E-state index contributed by atoms with van der Waals surface area (Å²) in [6.07, 6.45) is 3.77. The number of hydrogen-bond donors (Lipinski definition) is 1. The minimum absolute atomic E-state index is 0.0359. The first-order valence-electron chi connectivity index (χ1n) is 6.06. The lowest BCUT2D eigenvalue weighted by Crippen LogP contribution is -2.19. The third kappa shape index (κ3) is 2.71. The number of hydrogen-bond acceptors (Lipinski definition) is 4. The zero-order valence-electron chi connectivity index (χ0n) is 11.7. The van der Waals surface area contributed by atoms with E-state index >= 15 is 0 Å². The Morgan fingerprint density at radius 1 is 1.26 bits per heavy atom. The Labute approximate surface area is 113 Å². The fraction of sp³-hybridized carbons (Fsp3) is 0.357. The molecular formula is C14H19N3O2. The van der Waals surface area contributed by atoms with Crippen LogP contribution in [0.15, 0.2) is 30.7 Å². The smallest absolute Gasteiger partial charge is 0.124 e. The number of ether oxygens (including phenoxy) is 2. The molecule has 0 fully saturated rings. The summed E-state index contributed by atoms with van der Waals surface area (Å²) < 4.78 is 12.6. The molecule has 5 heteroatoms. The number of methoxy groups -OCH3 is 2. The summed E-state index contributed by atoms with van der Waals surface area (Å²) in [5.41, 5.74) is 1.94. The summed E-state index contributed by atoms with van der Waals surface area (Å²) in [5, 5.41) is 3.26. The van der Waals surface area contributed by atoms with E-state index in [1.165, 1.54) is 0 Å².